The molecule has 1 amide bonds. The topological polar surface area (TPSA) is 51.2 Å². The second-order valence-electron chi connectivity index (χ2n) is 4.44. The van der Waals surface area contributed by atoms with E-state index in [9.17, 15) is 9.18 Å². The number of hydrogen-bond donors (Lipinski definition) is 1. The summed E-state index contributed by atoms with van der Waals surface area (Å²) in [4.78, 5) is 15.4. The van der Waals surface area contributed by atoms with Crippen LogP contribution in [0.1, 0.15) is 16.8 Å². The Morgan fingerprint density at radius 1 is 1.38 bits per heavy atom. The molecule has 21 heavy (non-hydrogen) atoms. The first-order chi connectivity index (χ1) is 10.1. The van der Waals surface area contributed by atoms with Crippen LogP contribution in [0, 0.1) is 12.7 Å². The molecule has 0 saturated heterocycles. The largest absolute Gasteiger partial charge is 0.445 e. The number of aromatic nitrogens is 1. The maximum absolute atomic E-state index is 13.6. The lowest BCUT2D eigenvalue weighted by Gasteiger charge is -2.08. The minimum atomic E-state index is -0.642. The van der Waals surface area contributed by atoms with Crippen LogP contribution in [-0.2, 0) is 17.9 Å². The zero-order valence-electron chi connectivity index (χ0n) is 11.4. The third-order valence-electron chi connectivity index (χ3n) is 2.79. The van der Waals surface area contributed by atoms with Gasteiger partial charge in [-0.05, 0) is 24.1 Å². The highest BCUT2D eigenvalue weighted by molar-refractivity contribution is 6.30. The fraction of sp³-hybridized carbons (Fsp3) is 0.200. The third kappa shape index (κ3) is 4.43. The van der Waals surface area contributed by atoms with E-state index >= 15 is 0 Å². The van der Waals surface area contributed by atoms with E-state index in [1.807, 2.05) is 30.3 Å². The highest BCUT2D eigenvalue weighted by Gasteiger charge is 2.10. The van der Waals surface area contributed by atoms with Crippen molar-refractivity contribution >= 4 is 17.7 Å². The van der Waals surface area contributed by atoms with E-state index < -0.39 is 11.9 Å². The number of nitrogens with one attached hydrogen (secondary N) is 1. The number of ether oxygens (including phenoxy) is 1. The van der Waals surface area contributed by atoms with Crippen molar-refractivity contribution in [3.05, 3.63) is 64.2 Å². The predicted octanol–water partition coefficient (Wildman–Crippen LogP) is 3.61. The number of amides is 1. The number of benzene rings is 1. The van der Waals surface area contributed by atoms with Gasteiger partial charge < -0.3 is 10.1 Å². The van der Waals surface area contributed by atoms with Crippen molar-refractivity contribution in [1.82, 2.24) is 10.3 Å². The van der Waals surface area contributed by atoms with E-state index in [0.717, 1.165) is 5.56 Å². The summed E-state index contributed by atoms with van der Waals surface area (Å²) in [5.74, 6) is -0.514. The van der Waals surface area contributed by atoms with Crippen LogP contribution in [0.3, 0.4) is 0 Å². The van der Waals surface area contributed by atoms with E-state index in [-0.39, 0.29) is 24.0 Å². The van der Waals surface area contributed by atoms with Crippen LogP contribution >= 0.6 is 11.6 Å². The van der Waals surface area contributed by atoms with Gasteiger partial charge >= 0.3 is 6.09 Å². The number of rotatable bonds is 4. The molecule has 0 radical (unpaired) electrons. The third-order valence-corrected chi connectivity index (χ3v) is 3.17. The van der Waals surface area contributed by atoms with Gasteiger partial charge in [0.05, 0.1) is 12.2 Å². The number of pyridine rings is 1. The SMILES string of the molecule is Cc1cc(F)c(CNC(=O)OCc2ccccc2)nc1Cl. The van der Waals surface area contributed by atoms with Crippen LogP contribution < -0.4 is 5.32 Å². The summed E-state index contributed by atoms with van der Waals surface area (Å²) in [6.07, 6.45) is -0.642. The smallest absolute Gasteiger partial charge is 0.407 e. The minimum Gasteiger partial charge on any atom is -0.445 e. The van der Waals surface area contributed by atoms with E-state index in [0.29, 0.717) is 5.56 Å². The van der Waals surface area contributed by atoms with Crippen LogP contribution in [0.15, 0.2) is 36.4 Å². The molecule has 4 nitrogen and oxygen atoms in total. The van der Waals surface area contributed by atoms with Gasteiger partial charge in [0.1, 0.15) is 17.6 Å². The molecule has 0 spiro atoms. The molecule has 1 aromatic carbocycles. The average molecular weight is 309 g/mol. The summed E-state index contributed by atoms with van der Waals surface area (Å²) in [6, 6.07) is 10.5. The minimum absolute atomic E-state index is 0.0715. The molecule has 0 aliphatic carbocycles. The lowest BCUT2D eigenvalue weighted by atomic mass is 10.2. The Balaban J connectivity index is 1.85. The number of carbonyl (C=O) groups excluding carboxylic acids is 1. The van der Waals surface area contributed by atoms with Crippen LogP contribution in [0.5, 0.6) is 0 Å². The van der Waals surface area contributed by atoms with Gasteiger partial charge in [0.2, 0.25) is 0 Å². The van der Waals surface area contributed by atoms with E-state index in [2.05, 4.69) is 10.3 Å². The zero-order valence-corrected chi connectivity index (χ0v) is 12.2. The molecular formula is C15H14ClFN2O2. The Bertz CT molecular complexity index is 635. The van der Waals surface area contributed by atoms with Crippen molar-refractivity contribution in [1.29, 1.82) is 0 Å². The fourth-order valence-electron chi connectivity index (χ4n) is 1.65. The number of nitrogens with zero attached hydrogens (tertiary/aromatic N) is 1. The number of aryl methyl sites for hydroxylation is 1. The number of hydrogen-bond acceptors (Lipinski definition) is 3. The first-order valence-corrected chi connectivity index (χ1v) is 6.70. The predicted molar refractivity (Wildman–Crippen MR) is 77.4 cm³/mol. The van der Waals surface area contributed by atoms with E-state index in [1.165, 1.54) is 6.07 Å². The van der Waals surface area contributed by atoms with Crippen molar-refractivity contribution in [3.63, 3.8) is 0 Å². The Kier molecular flexibility index (Phi) is 5.11. The molecule has 0 atom stereocenters. The summed E-state index contributed by atoms with van der Waals surface area (Å²) in [5.41, 5.74) is 1.49. The van der Waals surface area contributed by atoms with Crippen molar-refractivity contribution < 1.29 is 13.9 Å². The summed E-state index contributed by atoms with van der Waals surface area (Å²) in [6.45, 7) is 1.72. The molecule has 1 aromatic heterocycles. The Hall–Kier alpha value is -2.14. The molecule has 6 heteroatoms. The number of halogens is 2. The Morgan fingerprint density at radius 3 is 2.81 bits per heavy atom. The molecule has 0 aliphatic rings. The van der Waals surface area contributed by atoms with Crippen molar-refractivity contribution in [2.75, 3.05) is 0 Å². The molecule has 0 aliphatic heterocycles. The summed E-state index contributed by atoms with van der Waals surface area (Å²) >= 11 is 5.82. The maximum Gasteiger partial charge on any atom is 0.407 e. The number of alkyl carbamates (subject to hydrolysis) is 1. The first-order valence-electron chi connectivity index (χ1n) is 6.32. The van der Waals surface area contributed by atoms with E-state index in [1.54, 1.807) is 6.92 Å². The lowest BCUT2D eigenvalue weighted by molar-refractivity contribution is 0.139. The van der Waals surface area contributed by atoms with Gasteiger partial charge in [-0.25, -0.2) is 14.2 Å². The van der Waals surface area contributed by atoms with Crippen molar-refractivity contribution in [2.24, 2.45) is 0 Å². The molecule has 0 fully saturated rings. The molecule has 1 heterocycles. The quantitative estimate of drug-likeness (QED) is 0.878. The molecule has 2 rings (SSSR count). The van der Waals surface area contributed by atoms with Crippen molar-refractivity contribution in [2.45, 2.75) is 20.1 Å². The first kappa shape index (κ1) is 15.3. The van der Waals surface area contributed by atoms with Gasteiger partial charge in [0, 0.05) is 0 Å². The molecule has 1 N–H and O–H groups in total. The monoisotopic (exact) mass is 308 g/mol. The normalized spacial score (nSPS) is 10.2. The van der Waals surface area contributed by atoms with Gasteiger partial charge in [-0.15, -0.1) is 0 Å². The van der Waals surface area contributed by atoms with Gasteiger partial charge in [-0.3, -0.25) is 0 Å². The zero-order chi connectivity index (χ0) is 15.2. The maximum atomic E-state index is 13.6. The van der Waals surface area contributed by atoms with Crippen LogP contribution in [-0.4, -0.2) is 11.1 Å². The summed E-state index contributed by atoms with van der Waals surface area (Å²) < 4.78 is 18.6. The fourth-order valence-corrected chi connectivity index (χ4v) is 1.80. The number of carbonyl (C=O) groups is 1. The summed E-state index contributed by atoms with van der Waals surface area (Å²) in [5, 5.41) is 2.65. The van der Waals surface area contributed by atoms with Gasteiger partial charge in [0.25, 0.3) is 0 Å². The molecule has 0 bridgehead atoms. The molecule has 0 saturated carbocycles. The summed E-state index contributed by atoms with van der Waals surface area (Å²) in [7, 11) is 0. The van der Waals surface area contributed by atoms with Gasteiger partial charge in [0.15, 0.2) is 0 Å². The molecule has 0 unspecified atom stereocenters. The highest BCUT2D eigenvalue weighted by Crippen LogP contribution is 2.15. The lowest BCUT2D eigenvalue weighted by Crippen LogP contribution is -2.24. The van der Waals surface area contributed by atoms with Crippen LogP contribution in [0.2, 0.25) is 5.15 Å². The molecule has 2 aromatic rings. The van der Waals surface area contributed by atoms with Crippen LogP contribution in [0.4, 0.5) is 9.18 Å². The average Bonchev–Trinajstić information content (AvgIpc) is 2.48. The van der Waals surface area contributed by atoms with Gasteiger partial charge in [-0.2, -0.15) is 0 Å². The van der Waals surface area contributed by atoms with Crippen molar-refractivity contribution in [3.8, 4) is 0 Å². The highest BCUT2D eigenvalue weighted by atomic mass is 35.5. The second kappa shape index (κ2) is 7.04. The second-order valence-corrected chi connectivity index (χ2v) is 4.80. The van der Waals surface area contributed by atoms with Gasteiger partial charge in [-0.1, -0.05) is 41.9 Å². The Labute approximate surface area is 126 Å². The Morgan fingerprint density at radius 2 is 2.10 bits per heavy atom. The molecular weight excluding hydrogens is 295 g/mol. The van der Waals surface area contributed by atoms with Crippen LogP contribution in [0.25, 0.3) is 0 Å². The standard InChI is InChI=1S/C15H14ClFN2O2/c1-10-7-12(17)13(19-14(10)16)8-18-15(20)21-9-11-5-3-2-4-6-11/h2-7H,8-9H2,1H3,(H,18,20). The molecule has 110 valence electrons. The van der Waals surface area contributed by atoms with E-state index in [4.69, 9.17) is 16.3 Å².